The SMILES string of the molecule is CCC(NC)c1nnc(-c2cc(I)ccc2Br)s1. The molecule has 0 saturated carbocycles. The molecule has 0 spiro atoms. The quantitative estimate of drug-likeness (QED) is 0.726. The monoisotopic (exact) mass is 437 g/mol. The van der Waals surface area contributed by atoms with Crippen molar-refractivity contribution in [1.82, 2.24) is 15.5 Å². The zero-order chi connectivity index (χ0) is 13.1. The van der Waals surface area contributed by atoms with Crippen LogP contribution in [0.1, 0.15) is 24.4 Å². The minimum Gasteiger partial charge on any atom is -0.311 e. The summed E-state index contributed by atoms with van der Waals surface area (Å²) in [6.45, 7) is 2.14. The average molecular weight is 438 g/mol. The lowest BCUT2D eigenvalue weighted by atomic mass is 10.2. The number of halogens is 2. The lowest BCUT2D eigenvalue weighted by Gasteiger charge is -2.08. The number of hydrogen-bond donors (Lipinski definition) is 1. The van der Waals surface area contributed by atoms with E-state index < -0.39 is 0 Å². The van der Waals surface area contributed by atoms with Crippen LogP contribution in [0.4, 0.5) is 0 Å². The van der Waals surface area contributed by atoms with Crippen LogP contribution in [-0.4, -0.2) is 17.2 Å². The van der Waals surface area contributed by atoms with Crippen molar-refractivity contribution < 1.29 is 0 Å². The third kappa shape index (κ3) is 3.09. The van der Waals surface area contributed by atoms with Crippen molar-refractivity contribution in [1.29, 1.82) is 0 Å². The van der Waals surface area contributed by atoms with Crippen LogP contribution in [0.25, 0.3) is 10.6 Å². The second-order valence-corrected chi connectivity index (χ2v) is 6.93. The Morgan fingerprint density at radius 1 is 1.44 bits per heavy atom. The van der Waals surface area contributed by atoms with Crippen molar-refractivity contribution in [3.05, 3.63) is 31.2 Å². The van der Waals surface area contributed by atoms with Gasteiger partial charge in [0.25, 0.3) is 0 Å². The minimum absolute atomic E-state index is 0.290. The van der Waals surface area contributed by atoms with Crippen molar-refractivity contribution in [2.24, 2.45) is 0 Å². The van der Waals surface area contributed by atoms with E-state index in [2.05, 4.69) is 73.1 Å². The van der Waals surface area contributed by atoms with E-state index >= 15 is 0 Å². The zero-order valence-electron chi connectivity index (χ0n) is 10.1. The molecule has 6 heteroatoms. The summed E-state index contributed by atoms with van der Waals surface area (Å²) >= 11 is 7.52. The first-order valence-electron chi connectivity index (χ1n) is 5.61. The van der Waals surface area contributed by atoms with Gasteiger partial charge < -0.3 is 5.32 Å². The number of nitrogens with zero attached hydrogens (tertiary/aromatic N) is 2. The second kappa shape index (κ2) is 6.40. The van der Waals surface area contributed by atoms with E-state index in [1.54, 1.807) is 11.3 Å². The Labute approximate surface area is 133 Å². The Hall–Kier alpha value is -0.0500. The zero-order valence-corrected chi connectivity index (χ0v) is 14.6. The molecule has 0 bridgehead atoms. The topological polar surface area (TPSA) is 37.8 Å². The molecule has 0 aliphatic rings. The summed E-state index contributed by atoms with van der Waals surface area (Å²) in [5.74, 6) is 0. The molecule has 0 aliphatic heterocycles. The molecule has 0 amide bonds. The minimum atomic E-state index is 0.290. The maximum Gasteiger partial charge on any atom is 0.149 e. The van der Waals surface area contributed by atoms with Gasteiger partial charge in [0.05, 0.1) is 6.04 Å². The van der Waals surface area contributed by atoms with E-state index in [1.807, 2.05) is 13.1 Å². The third-order valence-corrected chi connectivity index (χ3v) is 5.09. The van der Waals surface area contributed by atoms with Gasteiger partial charge in [0, 0.05) is 13.6 Å². The Kier molecular flexibility index (Phi) is 5.11. The van der Waals surface area contributed by atoms with Crippen LogP contribution < -0.4 is 5.32 Å². The van der Waals surface area contributed by atoms with Crippen LogP contribution in [-0.2, 0) is 0 Å². The Balaban J connectivity index is 2.37. The van der Waals surface area contributed by atoms with Crippen LogP contribution in [0.5, 0.6) is 0 Å². The normalized spacial score (nSPS) is 12.7. The molecule has 18 heavy (non-hydrogen) atoms. The van der Waals surface area contributed by atoms with Crippen molar-refractivity contribution >= 4 is 49.9 Å². The van der Waals surface area contributed by atoms with Crippen LogP contribution in [0.3, 0.4) is 0 Å². The molecular weight excluding hydrogens is 425 g/mol. The van der Waals surface area contributed by atoms with Crippen LogP contribution >= 0.6 is 49.9 Å². The summed E-state index contributed by atoms with van der Waals surface area (Å²) in [5.41, 5.74) is 1.11. The van der Waals surface area contributed by atoms with Gasteiger partial charge in [-0.2, -0.15) is 0 Å². The summed E-state index contributed by atoms with van der Waals surface area (Å²) < 4.78 is 2.26. The molecule has 2 rings (SSSR count). The fraction of sp³-hybridized carbons (Fsp3) is 0.333. The van der Waals surface area contributed by atoms with Gasteiger partial charge in [0.2, 0.25) is 0 Å². The van der Waals surface area contributed by atoms with Gasteiger partial charge in [-0.3, -0.25) is 0 Å². The van der Waals surface area contributed by atoms with E-state index in [4.69, 9.17) is 0 Å². The van der Waals surface area contributed by atoms with Gasteiger partial charge in [-0.05, 0) is 54.3 Å². The standard InChI is InChI=1S/C12H13BrIN3S/c1-3-10(15-2)12-17-16-11(18-12)8-6-7(14)4-5-9(8)13/h4-6,10,15H,3H2,1-2H3. The van der Waals surface area contributed by atoms with E-state index in [0.717, 1.165) is 26.5 Å². The van der Waals surface area contributed by atoms with Crippen LogP contribution in [0.2, 0.25) is 0 Å². The van der Waals surface area contributed by atoms with Crippen LogP contribution in [0.15, 0.2) is 22.7 Å². The van der Waals surface area contributed by atoms with Crippen molar-refractivity contribution in [3.8, 4) is 10.6 Å². The molecule has 0 radical (unpaired) electrons. The van der Waals surface area contributed by atoms with Gasteiger partial charge >= 0.3 is 0 Å². The van der Waals surface area contributed by atoms with Gasteiger partial charge in [-0.15, -0.1) is 10.2 Å². The van der Waals surface area contributed by atoms with Gasteiger partial charge in [-0.1, -0.05) is 34.2 Å². The molecule has 0 fully saturated rings. The number of benzene rings is 1. The highest BCUT2D eigenvalue weighted by Crippen LogP contribution is 2.33. The molecule has 1 atom stereocenters. The summed E-state index contributed by atoms with van der Waals surface area (Å²) in [4.78, 5) is 0. The number of nitrogens with one attached hydrogen (secondary N) is 1. The Bertz CT molecular complexity index is 540. The largest absolute Gasteiger partial charge is 0.311 e. The second-order valence-electron chi connectivity index (χ2n) is 3.82. The molecule has 1 aromatic heterocycles. The average Bonchev–Trinajstić information content (AvgIpc) is 2.83. The maximum atomic E-state index is 4.30. The van der Waals surface area contributed by atoms with Gasteiger partial charge in [0.15, 0.2) is 0 Å². The summed E-state index contributed by atoms with van der Waals surface area (Å²) in [7, 11) is 1.95. The van der Waals surface area contributed by atoms with Crippen molar-refractivity contribution in [3.63, 3.8) is 0 Å². The smallest absolute Gasteiger partial charge is 0.149 e. The number of aromatic nitrogens is 2. The molecule has 1 unspecified atom stereocenters. The molecule has 2 aromatic rings. The fourth-order valence-corrected chi connectivity index (χ4v) is 3.77. The molecule has 0 saturated heterocycles. The Morgan fingerprint density at radius 2 is 2.22 bits per heavy atom. The van der Waals surface area contributed by atoms with E-state index in [1.165, 1.54) is 3.57 Å². The molecule has 1 heterocycles. The molecule has 96 valence electrons. The fourth-order valence-electron chi connectivity index (χ4n) is 1.65. The predicted molar refractivity (Wildman–Crippen MR) is 87.9 cm³/mol. The molecule has 3 nitrogen and oxygen atoms in total. The van der Waals surface area contributed by atoms with Crippen molar-refractivity contribution in [2.75, 3.05) is 7.05 Å². The van der Waals surface area contributed by atoms with E-state index in [-0.39, 0.29) is 6.04 Å². The predicted octanol–water partition coefficient (Wildman–Crippen LogP) is 4.24. The van der Waals surface area contributed by atoms with Gasteiger partial charge in [-0.25, -0.2) is 0 Å². The van der Waals surface area contributed by atoms with E-state index in [9.17, 15) is 0 Å². The van der Waals surface area contributed by atoms with Crippen LogP contribution in [0, 0.1) is 3.57 Å². The molecule has 1 N–H and O–H groups in total. The molecule has 1 aromatic carbocycles. The lowest BCUT2D eigenvalue weighted by Crippen LogP contribution is -2.14. The Morgan fingerprint density at radius 3 is 2.89 bits per heavy atom. The first kappa shape index (κ1) is 14.4. The highest BCUT2D eigenvalue weighted by Gasteiger charge is 2.15. The number of rotatable bonds is 4. The number of hydrogen-bond acceptors (Lipinski definition) is 4. The summed E-state index contributed by atoms with van der Waals surface area (Å²) in [5, 5.41) is 13.8. The molecular formula is C12H13BrIN3S. The first-order chi connectivity index (χ1) is 8.65. The van der Waals surface area contributed by atoms with Crippen molar-refractivity contribution in [2.45, 2.75) is 19.4 Å². The highest BCUT2D eigenvalue weighted by molar-refractivity contribution is 14.1. The first-order valence-corrected chi connectivity index (χ1v) is 8.30. The highest BCUT2D eigenvalue weighted by atomic mass is 127. The lowest BCUT2D eigenvalue weighted by molar-refractivity contribution is 0.568. The molecule has 0 aliphatic carbocycles. The maximum absolute atomic E-state index is 4.30. The third-order valence-electron chi connectivity index (χ3n) is 2.65. The van der Waals surface area contributed by atoms with E-state index in [0.29, 0.717) is 0 Å². The summed E-state index contributed by atoms with van der Waals surface area (Å²) in [6.07, 6.45) is 1.01. The van der Waals surface area contributed by atoms with Gasteiger partial charge in [0.1, 0.15) is 10.0 Å². The summed E-state index contributed by atoms with van der Waals surface area (Å²) in [6, 6.07) is 6.53.